The summed E-state index contributed by atoms with van der Waals surface area (Å²) in [5.41, 5.74) is 2.41. The second-order valence-electron chi connectivity index (χ2n) is 5.53. The molecule has 0 amide bonds. The minimum absolute atomic E-state index is 0.0276. The molecule has 2 N–H and O–H groups in total. The van der Waals surface area contributed by atoms with Gasteiger partial charge in [0.15, 0.2) is 17.6 Å². The summed E-state index contributed by atoms with van der Waals surface area (Å²) in [5.74, 6) is -2.43. The number of Topliss-reactive ketones (excluding diaryl/α,β-unsaturated/α-hetero) is 1. The fourth-order valence-electron chi connectivity index (χ4n) is 2.45. The molecule has 0 saturated carbocycles. The van der Waals surface area contributed by atoms with Crippen LogP contribution < -0.4 is 15.2 Å². The number of nitrogens with two attached hydrogens (primary N) is 1. The minimum Gasteiger partial charge on any atom is -0.493 e. The van der Waals surface area contributed by atoms with Crippen molar-refractivity contribution < 1.29 is 35.7 Å². The molecule has 0 saturated heterocycles. The van der Waals surface area contributed by atoms with Crippen LogP contribution in [0.5, 0.6) is 11.5 Å². The number of benzene rings is 2. The van der Waals surface area contributed by atoms with Crippen molar-refractivity contribution in [2.24, 2.45) is 5.73 Å². The molecule has 0 fully saturated rings. The second-order valence-corrected chi connectivity index (χ2v) is 6.81. The lowest BCUT2D eigenvalue weighted by Gasteiger charge is -2.13. The van der Waals surface area contributed by atoms with Crippen molar-refractivity contribution in [1.29, 1.82) is 0 Å². The fraction of sp³-hybridized carbons (Fsp3) is 0.211. The maximum atomic E-state index is 12.9. The lowest BCUT2D eigenvalue weighted by molar-refractivity contribution is -0.123. The third-order valence-electron chi connectivity index (χ3n) is 3.70. The molecule has 1 aliphatic rings. The van der Waals surface area contributed by atoms with E-state index in [1.54, 1.807) is 6.07 Å². The van der Waals surface area contributed by atoms with E-state index < -0.39 is 39.3 Å². The van der Waals surface area contributed by atoms with Gasteiger partial charge >= 0.3 is 10.1 Å². The van der Waals surface area contributed by atoms with Gasteiger partial charge in [0.25, 0.3) is 0 Å². The van der Waals surface area contributed by atoms with E-state index in [1.807, 2.05) is 0 Å². The van der Waals surface area contributed by atoms with Crippen LogP contribution in [0, 0.1) is 0 Å². The van der Waals surface area contributed by atoms with Gasteiger partial charge in [0.2, 0.25) is 17.4 Å². The van der Waals surface area contributed by atoms with Gasteiger partial charge in [-0.25, -0.2) is 0 Å². The average Bonchev–Trinajstić information content (AvgIpc) is 2.97. The van der Waals surface area contributed by atoms with E-state index >= 15 is 0 Å². The van der Waals surface area contributed by atoms with Crippen LogP contribution >= 0.6 is 0 Å². The lowest BCUT2D eigenvalue weighted by Crippen LogP contribution is -2.16. The summed E-state index contributed by atoms with van der Waals surface area (Å²) in [7, 11) is -2.29. The molecule has 1 aliphatic heterocycles. The molecule has 3 rings (SSSR count). The zero-order valence-electron chi connectivity index (χ0n) is 18.0. The van der Waals surface area contributed by atoms with Crippen molar-refractivity contribution in [3.8, 4) is 11.5 Å². The molecule has 0 spiro atoms. The van der Waals surface area contributed by atoms with Gasteiger partial charge in [0.1, 0.15) is 5.70 Å². The van der Waals surface area contributed by atoms with Gasteiger partial charge in [-0.15, -0.1) is 0 Å². The molecule has 0 aliphatic carbocycles. The van der Waals surface area contributed by atoms with Crippen molar-refractivity contribution in [3.05, 3.63) is 71.3 Å². The monoisotopic (exact) mass is 408 g/mol. The van der Waals surface area contributed by atoms with Gasteiger partial charge < -0.3 is 24.1 Å². The molecule has 2 aromatic carbocycles. The van der Waals surface area contributed by atoms with E-state index in [9.17, 15) is 13.2 Å². The van der Waals surface area contributed by atoms with E-state index in [0.29, 0.717) is 5.75 Å². The highest BCUT2D eigenvalue weighted by molar-refractivity contribution is 7.86. The van der Waals surface area contributed by atoms with Gasteiger partial charge in [-0.3, -0.25) is 4.79 Å². The van der Waals surface area contributed by atoms with Gasteiger partial charge in [0, 0.05) is 5.56 Å². The van der Waals surface area contributed by atoms with Gasteiger partial charge in [0.05, 0.1) is 18.3 Å². The van der Waals surface area contributed by atoms with Gasteiger partial charge in [-0.05, 0) is 17.7 Å². The highest BCUT2D eigenvalue weighted by Crippen LogP contribution is 2.36. The number of ketones is 1. The van der Waals surface area contributed by atoms with Crippen molar-refractivity contribution in [1.82, 2.24) is 0 Å². The summed E-state index contributed by atoms with van der Waals surface area (Å²) in [6, 6.07) is 11.1. The Morgan fingerprint density at radius 1 is 1.14 bits per heavy atom. The number of hydrogen-bond donors (Lipinski definition) is 1. The van der Waals surface area contributed by atoms with Gasteiger partial charge in [-0.1, -0.05) is 36.4 Å². The van der Waals surface area contributed by atoms with Crippen LogP contribution in [-0.4, -0.2) is 28.4 Å². The smallest absolute Gasteiger partial charge is 0.313 e. The third-order valence-corrected chi connectivity index (χ3v) is 4.58. The van der Waals surface area contributed by atoms with Gasteiger partial charge in [-0.2, -0.15) is 8.42 Å². The highest BCUT2D eigenvalue weighted by Gasteiger charge is 2.39. The molecule has 1 unspecified atom stereocenters. The Kier molecular flexibility index (Phi) is 4.41. The van der Waals surface area contributed by atoms with Crippen molar-refractivity contribution in [2.75, 3.05) is 14.2 Å². The van der Waals surface area contributed by atoms with Crippen LogP contribution in [-0.2, 0) is 29.5 Å². The highest BCUT2D eigenvalue weighted by atomic mass is 32.2. The number of carbonyl (C=O) groups is 1. The molecule has 0 aromatic heterocycles. The molecule has 8 nitrogen and oxygen atoms in total. The summed E-state index contributed by atoms with van der Waals surface area (Å²) in [6.45, 7) is 0. The summed E-state index contributed by atoms with van der Waals surface area (Å²) in [4.78, 5) is 12.9. The summed E-state index contributed by atoms with van der Waals surface area (Å²) in [6.07, 6.45) is -2.46. The van der Waals surface area contributed by atoms with Crippen molar-refractivity contribution >= 4 is 15.9 Å². The molecule has 2 aromatic rings. The van der Waals surface area contributed by atoms with Crippen LogP contribution in [0.25, 0.3) is 0 Å². The fourth-order valence-corrected chi connectivity index (χ4v) is 3.29. The Morgan fingerprint density at radius 2 is 1.82 bits per heavy atom. The first-order chi connectivity index (χ1) is 14.5. The Balaban J connectivity index is 1.94. The summed E-state index contributed by atoms with van der Waals surface area (Å²) < 4.78 is 69.9. The number of ether oxygens (including phenoxy) is 3. The number of methoxy groups -OCH3 is 2. The molecule has 148 valence electrons. The zero-order chi connectivity index (χ0) is 23.0. The average molecular weight is 408 g/mol. The van der Waals surface area contributed by atoms with E-state index in [0.717, 1.165) is 0 Å². The quantitative estimate of drug-likeness (QED) is 0.692. The maximum Gasteiger partial charge on any atom is 0.313 e. The Labute approximate surface area is 166 Å². The second kappa shape index (κ2) is 7.81. The normalized spacial score (nSPS) is 21.4. The summed E-state index contributed by atoms with van der Waals surface area (Å²) >= 11 is 0. The lowest BCUT2D eigenvalue weighted by atomic mass is 10.1. The molecule has 28 heavy (non-hydrogen) atoms. The first-order valence-corrected chi connectivity index (χ1v) is 9.34. The van der Waals surface area contributed by atoms with E-state index in [1.165, 1.54) is 56.7 Å². The topological polar surface area (TPSA) is 114 Å². The molecule has 1 heterocycles. The van der Waals surface area contributed by atoms with E-state index in [-0.39, 0.29) is 16.9 Å². The molecule has 0 radical (unpaired) electrons. The standard InChI is InChI=1S/C19H19NO7S/c1-24-14-9-8-13(10-15(14)25-2)17-16(21)18(19(20)26-17)27-28(22,23)11-12-6-4-3-5-7-12/h3-10,17H,11,20H2,1-2H3/i11D2,17D. The minimum atomic E-state index is -5.05. The Bertz CT molecular complexity index is 1150. The largest absolute Gasteiger partial charge is 0.493 e. The number of hydrogen-bond acceptors (Lipinski definition) is 8. The molecular formula is C19H19NO7S. The SMILES string of the molecule is [2H]C1(c2ccc(OC)c(OC)c2)OC(N)=C(OS(=O)(=O)C([2H])([2H])c2ccccc2)C1=O. The first kappa shape index (κ1) is 15.8. The van der Waals surface area contributed by atoms with E-state index in [4.69, 9.17) is 28.2 Å². The van der Waals surface area contributed by atoms with Crippen LogP contribution in [0.4, 0.5) is 0 Å². The molecular weight excluding hydrogens is 386 g/mol. The first-order valence-electron chi connectivity index (χ1n) is 9.43. The third kappa shape index (κ3) is 4.04. The zero-order valence-corrected chi connectivity index (χ0v) is 15.8. The van der Waals surface area contributed by atoms with E-state index in [2.05, 4.69) is 0 Å². The maximum absolute atomic E-state index is 12.9. The van der Waals surface area contributed by atoms with Crippen LogP contribution in [0.15, 0.2) is 60.2 Å². The molecule has 1 atom stereocenters. The Morgan fingerprint density at radius 3 is 2.46 bits per heavy atom. The molecule has 0 bridgehead atoms. The van der Waals surface area contributed by atoms with Crippen LogP contribution in [0.1, 0.15) is 21.3 Å². The van der Waals surface area contributed by atoms with Crippen molar-refractivity contribution in [3.63, 3.8) is 0 Å². The van der Waals surface area contributed by atoms with Crippen molar-refractivity contribution in [2.45, 2.75) is 11.8 Å². The Hall–Kier alpha value is -3.20. The van der Waals surface area contributed by atoms with Crippen LogP contribution in [0.2, 0.25) is 0 Å². The summed E-state index contributed by atoms with van der Waals surface area (Å²) in [5, 5.41) is 0. The predicted octanol–water partition coefficient (Wildman–Crippen LogP) is 2.02. The molecule has 9 heteroatoms. The predicted molar refractivity (Wildman–Crippen MR) is 99.7 cm³/mol. The number of carbonyl (C=O) groups excluding carboxylic acids is 1. The number of rotatable bonds is 7. The van der Waals surface area contributed by atoms with Crippen LogP contribution in [0.3, 0.4) is 0 Å².